The van der Waals surface area contributed by atoms with E-state index in [1.807, 2.05) is 24.3 Å². The number of nitrogens with one attached hydrogen (secondary N) is 1. The summed E-state index contributed by atoms with van der Waals surface area (Å²) in [6, 6.07) is 18.8. The van der Waals surface area contributed by atoms with Gasteiger partial charge in [-0.15, -0.1) is 0 Å². The molecule has 0 bridgehead atoms. The van der Waals surface area contributed by atoms with E-state index in [1.165, 1.54) is 28.2 Å². The maximum absolute atomic E-state index is 12.8. The third-order valence-corrected chi connectivity index (χ3v) is 8.12. The Bertz CT molecular complexity index is 1220. The van der Waals surface area contributed by atoms with Gasteiger partial charge in [-0.3, -0.25) is 9.69 Å². The summed E-state index contributed by atoms with van der Waals surface area (Å²) >= 11 is 1.33. The maximum Gasteiger partial charge on any atom is 0.274 e. The van der Waals surface area contributed by atoms with Crippen LogP contribution in [0.1, 0.15) is 52.0 Å². The molecule has 8 heteroatoms. The van der Waals surface area contributed by atoms with Crippen LogP contribution in [0.5, 0.6) is 5.19 Å². The highest BCUT2D eigenvalue weighted by molar-refractivity contribution is 7.15. The van der Waals surface area contributed by atoms with Crippen molar-refractivity contribution in [1.82, 2.24) is 15.2 Å². The zero-order valence-corrected chi connectivity index (χ0v) is 22.0. The smallest absolute Gasteiger partial charge is 0.274 e. The van der Waals surface area contributed by atoms with Gasteiger partial charge >= 0.3 is 0 Å². The molecule has 37 heavy (non-hydrogen) atoms. The minimum atomic E-state index is -0.0629. The summed E-state index contributed by atoms with van der Waals surface area (Å²) in [5, 5.41) is 12.7. The maximum atomic E-state index is 12.8. The number of thiazole rings is 1. The lowest BCUT2D eigenvalue weighted by Crippen LogP contribution is -2.44. The number of amides is 1. The van der Waals surface area contributed by atoms with E-state index in [4.69, 9.17) is 10.00 Å². The predicted octanol–water partition coefficient (Wildman–Crippen LogP) is 4.77. The summed E-state index contributed by atoms with van der Waals surface area (Å²) in [4.78, 5) is 22.6. The van der Waals surface area contributed by atoms with Gasteiger partial charge in [0.05, 0.1) is 17.8 Å². The Hall–Kier alpha value is -3.41. The van der Waals surface area contributed by atoms with Gasteiger partial charge < -0.3 is 15.0 Å². The van der Waals surface area contributed by atoms with E-state index in [0.29, 0.717) is 15.6 Å². The SMILES string of the molecule is Cc1ccc(N2CCC(Oc3ncc(C(=O)NC4CCN(Cc5ccc(C#N)cc5)CC4)s3)CC2)cc1. The molecule has 0 atom stereocenters. The van der Waals surface area contributed by atoms with Crippen LogP contribution in [0.4, 0.5) is 5.69 Å². The number of nitrogens with zero attached hydrogens (tertiary/aromatic N) is 4. The predicted molar refractivity (Wildman–Crippen MR) is 146 cm³/mol. The van der Waals surface area contributed by atoms with E-state index in [1.54, 1.807) is 6.20 Å². The van der Waals surface area contributed by atoms with Gasteiger partial charge in [0.1, 0.15) is 11.0 Å². The van der Waals surface area contributed by atoms with Crippen LogP contribution in [-0.4, -0.2) is 54.1 Å². The second-order valence-corrected chi connectivity index (χ2v) is 11.0. The second-order valence-electron chi connectivity index (χ2n) is 9.96. The molecule has 0 aliphatic carbocycles. The quantitative estimate of drug-likeness (QED) is 0.488. The Balaban J connectivity index is 1.04. The average molecular weight is 516 g/mol. The van der Waals surface area contributed by atoms with Crippen LogP contribution in [0.2, 0.25) is 0 Å². The van der Waals surface area contributed by atoms with E-state index < -0.39 is 0 Å². The highest BCUT2D eigenvalue weighted by Crippen LogP contribution is 2.27. The normalized spacial score (nSPS) is 17.4. The van der Waals surface area contributed by atoms with Gasteiger partial charge in [-0.2, -0.15) is 5.26 Å². The molecule has 3 aromatic rings. The number of likely N-dealkylation sites (tertiary alicyclic amines) is 1. The summed E-state index contributed by atoms with van der Waals surface area (Å²) in [7, 11) is 0. The van der Waals surface area contributed by atoms with Gasteiger partial charge in [0.2, 0.25) is 0 Å². The zero-order valence-electron chi connectivity index (χ0n) is 21.2. The first-order chi connectivity index (χ1) is 18.1. The minimum Gasteiger partial charge on any atom is -0.467 e. The fourth-order valence-corrected chi connectivity index (χ4v) is 5.72. The number of aromatic nitrogens is 1. The molecule has 0 spiro atoms. The van der Waals surface area contributed by atoms with E-state index in [-0.39, 0.29) is 18.1 Å². The second kappa shape index (κ2) is 11.8. The molecule has 1 aromatic heterocycles. The van der Waals surface area contributed by atoms with Crippen LogP contribution in [0.25, 0.3) is 0 Å². The molecule has 2 saturated heterocycles. The van der Waals surface area contributed by atoms with Crippen LogP contribution in [-0.2, 0) is 6.54 Å². The largest absolute Gasteiger partial charge is 0.467 e. The molecule has 5 rings (SSSR count). The molecule has 0 saturated carbocycles. The van der Waals surface area contributed by atoms with Crippen molar-refractivity contribution < 1.29 is 9.53 Å². The van der Waals surface area contributed by atoms with Crippen molar-refractivity contribution in [2.24, 2.45) is 0 Å². The molecule has 3 heterocycles. The standard InChI is InChI=1S/C29H33N5O2S/c1-21-2-8-25(9-3-21)34-16-12-26(13-17-34)36-29-31-19-27(37-29)28(35)32-24-10-14-33(15-11-24)20-23-6-4-22(18-30)5-7-23/h2-9,19,24,26H,10-17,20H2,1H3,(H,32,35). The topological polar surface area (TPSA) is 81.5 Å². The number of anilines is 1. The van der Waals surface area contributed by atoms with Crippen molar-refractivity contribution in [1.29, 1.82) is 5.26 Å². The number of carbonyl (C=O) groups is 1. The van der Waals surface area contributed by atoms with Crippen LogP contribution in [0.3, 0.4) is 0 Å². The van der Waals surface area contributed by atoms with Crippen LogP contribution >= 0.6 is 11.3 Å². The summed E-state index contributed by atoms with van der Waals surface area (Å²) in [5.74, 6) is -0.0629. The fourth-order valence-electron chi connectivity index (χ4n) is 4.98. The Kier molecular flexibility index (Phi) is 8.02. The van der Waals surface area contributed by atoms with Crippen LogP contribution in [0, 0.1) is 18.3 Å². The zero-order chi connectivity index (χ0) is 25.6. The lowest BCUT2D eigenvalue weighted by Gasteiger charge is -2.33. The van der Waals surface area contributed by atoms with Crippen molar-refractivity contribution in [3.8, 4) is 11.3 Å². The molecule has 192 valence electrons. The molecule has 0 radical (unpaired) electrons. The first-order valence-electron chi connectivity index (χ1n) is 13.0. The molecule has 2 aliphatic heterocycles. The third-order valence-electron chi connectivity index (χ3n) is 7.23. The highest BCUT2D eigenvalue weighted by Gasteiger charge is 2.24. The van der Waals surface area contributed by atoms with Crippen molar-refractivity contribution in [2.75, 3.05) is 31.1 Å². The lowest BCUT2D eigenvalue weighted by molar-refractivity contribution is 0.0913. The van der Waals surface area contributed by atoms with E-state index in [9.17, 15) is 4.79 Å². The first kappa shape index (κ1) is 25.2. The van der Waals surface area contributed by atoms with Crippen molar-refractivity contribution in [3.05, 3.63) is 76.3 Å². The molecular formula is C29H33N5O2S. The first-order valence-corrected chi connectivity index (χ1v) is 13.8. The van der Waals surface area contributed by atoms with Gasteiger partial charge in [-0.25, -0.2) is 4.98 Å². The summed E-state index contributed by atoms with van der Waals surface area (Å²) in [6.07, 6.45) is 5.49. The Morgan fingerprint density at radius 1 is 1.05 bits per heavy atom. The summed E-state index contributed by atoms with van der Waals surface area (Å²) in [6.45, 7) is 6.75. The van der Waals surface area contributed by atoms with Crippen LogP contribution in [0.15, 0.2) is 54.7 Å². The number of carbonyl (C=O) groups excluding carboxylic acids is 1. The molecule has 2 aromatic carbocycles. The molecule has 0 unspecified atom stereocenters. The van der Waals surface area contributed by atoms with E-state index in [0.717, 1.165) is 58.4 Å². The molecule has 7 nitrogen and oxygen atoms in total. The van der Waals surface area contributed by atoms with Crippen molar-refractivity contribution >= 4 is 22.9 Å². The van der Waals surface area contributed by atoms with Crippen molar-refractivity contribution in [3.63, 3.8) is 0 Å². The minimum absolute atomic E-state index is 0.0629. The monoisotopic (exact) mass is 515 g/mol. The number of hydrogen-bond donors (Lipinski definition) is 1. The number of ether oxygens (including phenoxy) is 1. The average Bonchev–Trinajstić information content (AvgIpc) is 3.40. The number of benzene rings is 2. The lowest BCUT2D eigenvalue weighted by atomic mass is 10.0. The number of rotatable bonds is 7. The van der Waals surface area contributed by atoms with Gasteiger partial charge in [0.15, 0.2) is 0 Å². The molecular weight excluding hydrogens is 482 g/mol. The molecule has 1 amide bonds. The number of hydrogen-bond acceptors (Lipinski definition) is 7. The Morgan fingerprint density at radius 3 is 2.43 bits per heavy atom. The van der Waals surface area contributed by atoms with Gasteiger partial charge in [0, 0.05) is 57.3 Å². The molecule has 1 N–H and O–H groups in total. The summed E-state index contributed by atoms with van der Waals surface area (Å²) in [5.41, 5.74) is 4.43. The Morgan fingerprint density at radius 2 is 1.76 bits per heavy atom. The van der Waals surface area contributed by atoms with Crippen LogP contribution < -0.4 is 15.0 Å². The number of aryl methyl sites for hydroxylation is 1. The fraction of sp³-hybridized carbons (Fsp3) is 0.414. The van der Waals surface area contributed by atoms with Crippen molar-refractivity contribution in [2.45, 2.75) is 51.3 Å². The number of nitriles is 1. The highest BCUT2D eigenvalue weighted by atomic mass is 32.1. The van der Waals surface area contributed by atoms with E-state index >= 15 is 0 Å². The molecule has 2 aliphatic rings. The van der Waals surface area contributed by atoms with Gasteiger partial charge in [-0.1, -0.05) is 41.2 Å². The number of piperidine rings is 2. The third kappa shape index (κ3) is 6.68. The summed E-state index contributed by atoms with van der Waals surface area (Å²) < 4.78 is 6.14. The van der Waals surface area contributed by atoms with E-state index in [2.05, 4.69) is 57.4 Å². The van der Waals surface area contributed by atoms with Gasteiger partial charge in [0.25, 0.3) is 11.1 Å². The molecule has 2 fully saturated rings. The van der Waals surface area contributed by atoms with Gasteiger partial charge in [-0.05, 0) is 49.6 Å². The Labute approximate surface area is 222 Å².